The zero-order chi connectivity index (χ0) is 13.0. The molecule has 0 saturated carbocycles. The van der Waals surface area contributed by atoms with Gasteiger partial charge in [0.15, 0.2) is 12.9 Å². The predicted molar refractivity (Wildman–Crippen MR) is 64.3 cm³/mol. The van der Waals surface area contributed by atoms with Crippen molar-refractivity contribution in [3.63, 3.8) is 0 Å². The van der Waals surface area contributed by atoms with Crippen LogP contribution in [0.3, 0.4) is 0 Å². The van der Waals surface area contributed by atoms with Gasteiger partial charge in [-0.15, -0.1) is 0 Å². The van der Waals surface area contributed by atoms with E-state index in [2.05, 4.69) is 0 Å². The van der Waals surface area contributed by atoms with Gasteiger partial charge in [-0.1, -0.05) is 0 Å². The fraction of sp³-hybridized carbons (Fsp3) is 0.0769. The van der Waals surface area contributed by atoms with E-state index in [0.717, 1.165) is 12.0 Å². The Labute approximate surface area is 103 Å². The second kappa shape index (κ2) is 5.18. The van der Waals surface area contributed by atoms with Crippen LogP contribution in [0.1, 0.15) is 10.5 Å². The van der Waals surface area contributed by atoms with E-state index in [1.165, 1.54) is 0 Å². The molecule has 0 aliphatic carbocycles. The molecule has 0 fully saturated rings. The first-order chi connectivity index (χ1) is 8.70. The predicted octanol–water partition coefficient (Wildman–Crippen LogP) is 1.75. The number of carbonyl (C=O) groups is 2. The van der Waals surface area contributed by atoms with E-state index in [1.807, 2.05) is 0 Å². The van der Waals surface area contributed by atoms with Gasteiger partial charge in [0.1, 0.15) is 5.75 Å². The average molecular weight is 245 g/mol. The van der Waals surface area contributed by atoms with Gasteiger partial charge in [0, 0.05) is 11.9 Å². The molecule has 1 heterocycles. The standard InChI is InChI=1S/C13H11NO4/c15-8-11-2-1-7-14(11)10-3-5-12(6-4-10)18-9-13(16)17/h1-8H,9H2,(H,16,17). The maximum absolute atomic E-state index is 10.8. The first-order valence-electron chi connectivity index (χ1n) is 5.28. The fourth-order valence-corrected chi connectivity index (χ4v) is 1.57. The van der Waals surface area contributed by atoms with Gasteiger partial charge in [-0.3, -0.25) is 4.79 Å². The number of ether oxygens (including phenoxy) is 1. The van der Waals surface area contributed by atoms with Gasteiger partial charge in [-0.25, -0.2) is 4.79 Å². The second-order valence-electron chi connectivity index (χ2n) is 3.60. The molecule has 92 valence electrons. The smallest absolute Gasteiger partial charge is 0.341 e. The molecular weight excluding hydrogens is 234 g/mol. The third-order valence-electron chi connectivity index (χ3n) is 2.38. The third kappa shape index (κ3) is 2.57. The van der Waals surface area contributed by atoms with Crippen LogP contribution in [0.2, 0.25) is 0 Å². The molecule has 0 aliphatic rings. The Balaban J connectivity index is 2.17. The summed E-state index contributed by atoms with van der Waals surface area (Å²) in [4.78, 5) is 21.1. The molecule has 0 radical (unpaired) electrons. The van der Waals surface area contributed by atoms with Crippen molar-refractivity contribution in [1.29, 1.82) is 0 Å². The van der Waals surface area contributed by atoms with E-state index in [4.69, 9.17) is 9.84 Å². The first kappa shape index (κ1) is 11.9. The molecule has 0 aliphatic heterocycles. The summed E-state index contributed by atoms with van der Waals surface area (Å²) in [6.45, 7) is -0.373. The SMILES string of the molecule is O=Cc1cccn1-c1ccc(OCC(=O)O)cc1. The molecule has 0 bridgehead atoms. The van der Waals surface area contributed by atoms with Gasteiger partial charge < -0.3 is 14.4 Å². The number of aliphatic carboxylic acids is 1. The molecule has 0 spiro atoms. The molecular formula is C13H11NO4. The van der Waals surface area contributed by atoms with E-state index >= 15 is 0 Å². The third-order valence-corrected chi connectivity index (χ3v) is 2.38. The normalized spacial score (nSPS) is 10.0. The van der Waals surface area contributed by atoms with Crippen LogP contribution >= 0.6 is 0 Å². The lowest BCUT2D eigenvalue weighted by Gasteiger charge is -2.07. The number of benzene rings is 1. The van der Waals surface area contributed by atoms with Crippen molar-refractivity contribution in [3.05, 3.63) is 48.3 Å². The summed E-state index contributed by atoms with van der Waals surface area (Å²) in [5.74, 6) is -0.548. The lowest BCUT2D eigenvalue weighted by atomic mass is 10.3. The fourth-order valence-electron chi connectivity index (χ4n) is 1.57. The molecule has 5 heteroatoms. The van der Waals surface area contributed by atoms with E-state index in [0.29, 0.717) is 11.4 Å². The molecule has 0 atom stereocenters. The Morgan fingerprint density at radius 2 is 2.00 bits per heavy atom. The molecule has 0 unspecified atom stereocenters. The number of rotatable bonds is 5. The maximum atomic E-state index is 10.8. The Morgan fingerprint density at radius 3 is 2.61 bits per heavy atom. The zero-order valence-electron chi connectivity index (χ0n) is 9.45. The number of aromatic nitrogens is 1. The molecule has 0 saturated heterocycles. The van der Waals surface area contributed by atoms with Crippen molar-refractivity contribution in [2.45, 2.75) is 0 Å². The van der Waals surface area contributed by atoms with Gasteiger partial charge in [-0.2, -0.15) is 0 Å². The molecule has 1 aromatic heterocycles. The lowest BCUT2D eigenvalue weighted by Crippen LogP contribution is -2.09. The summed E-state index contributed by atoms with van der Waals surface area (Å²) in [6, 6.07) is 10.3. The van der Waals surface area contributed by atoms with Gasteiger partial charge in [0.05, 0.1) is 5.69 Å². The Bertz CT molecular complexity index is 557. The van der Waals surface area contributed by atoms with Gasteiger partial charge in [0.25, 0.3) is 0 Å². The monoisotopic (exact) mass is 245 g/mol. The van der Waals surface area contributed by atoms with Crippen molar-refractivity contribution >= 4 is 12.3 Å². The largest absolute Gasteiger partial charge is 0.482 e. The van der Waals surface area contributed by atoms with Crippen LogP contribution in [0.5, 0.6) is 5.75 Å². The molecule has 1 N–H and O–H groups in total. The van der Waals surface area contributed by atoms with Crippen molar-refractivity contribution in [1.82, 2.24) is 4.57 Å². The molecule has 2 aromatic rings. The summed E-state index contributed by atoms with van der Waals surface area (Å²) in [5.41, 5.74) is 1.36. The van der Waals surface area contributed by atoms with Crippen LogP contribution in [0, 0.1) is 0 Å². The number of carboxylic acid groups (broad SMARTS) is 1. The van der Waals surface area contributed by atoms with Crippen LogP contribution in [-0.4, -0.2) is 28.5 Å². The number of hydrogen-bond acceptors (Lipinski definition) is 3. The van der Waals surface area contributed by atoms with E-state index < -0.39 is 5.97 Å². The van der Waals surface area contributed by atoms with Gasteiger partial charge in [0.2, 0.25) is 0 Å². The van der Waals surface area contributed by atoms with Crippen LogP contribution < -0.4 is 4.74 Å². The molecule has 5 nitrogen and oxygen atoms in total. The summed E-state index contributed by atoms with van der Waals surface area (Å²) in [6.07, 6.45) is 2.55. The highest BCUT2D eigenvalue weighted by Crippen LogP contribution is 2.16. The first-order valence-corrected chi connectivity index (χ1v) is 5.28. The molecule has 2 rings (SSSR count). The van der Waals surface area contributed by atoms with Gasteiger partial charge >= 0.3 is 5.97 Å². The Morgan fingerprint density at radius 1 is 1.28 bits per heavy atom. The van der Waals surface area contributed by atoms with Crippen LogP contribution in [0.15, 0.2) is 42.6 Å². The highest BCUT2D eigenvalue weighted by atomic mass is 16.5. The van der Waals surface area contributed by atoms with E-state index in [9.17, 15) is 9.59 Å². The van der Waals surface area contributed by atoms with E-state index in [-0.39, 0.29) is 6.61 Å². The minimum atomic E-state index is -1.02. The highest BCUT2D eigenvalue weighted by molar-refractivity contribution is 5.73. The van der Waals surface area contributed by atoms with E-state index in [1.54, 1.807) is 47.2 Å². The summed E-state index contributed by atoms with van der Waals surface area (Å²) < 4.78 is 6.75. The number of carbonyl (C=O) groups excluding carboxylic acids is 1. The molecule has 1 aromatic carbocycles. The quantitative estimate of drug-likeness (QED) is 0.815. The second-order valence-corrected chi connectivity index (χ2v) is 3.60. The number of carboxylic acids is 1. The summed E-state index contributed by atoms with van der Waals surface area (Å²) in [7, 11) is 0. The summed E-state index contributed by atoms with van der Waals surface area (Å²) in [5, 5.41) is 8.48. The van der Waals surface area contributed by atoms with Crippen LogP contribution in [-0.2, 0) is 4.79 Å². The molecule has 0 amide bonds. The molecule has 18 heavy (non-hydrogen) atoms. The van der Waals surface area contributed by atoms with Gasteiger partial charge in [-0.05, 0) is 36.4 Å². The number of aldehydes is 1. The zero-order valence-corrected chi connectivity index (χ0v) is 9.45. The minimum Gasteiger partial charge on any atom is -0.482 e. The summed E-state index contributed by atoms with van der Waals surface area (Å²) >= 11 is 0. The Kier molecular flexibility index (Phi) is 3.43. The number of hydrogen-bond donors (Lipinski definition) is 1. The van der Waals surface area contributed by atoms with Crippen molar-refractivity contribution < 1.29 is 19.4 Å². The van der Waals surface area contributed by atoms with Crippen molar-refractivity contribution in [2.75, 3.05) is 6.61 Å². The number of nitrogens with zero attached hydrogens (tertiary/aromatic N) is 1. The van der Waals surface area contributed by atoms with Crippen LogP contribution in [0.25, 0.3) is 5.69 Å². The highest BCUT2D eigenvalue weighted by Gasteiger charge is 2.03. The van der Waals surface area contributed by atoms with Crippen molar-refractivity contribution in [2.24, 2.45) is 0 Å². The maximum Gasteiger partial charge on any atom is 0.341 e. The van der Waals surface area contributed by atoms with Crippen molar-refractivity contribution in [3.8, 4) is 11.4 Å². The van der Waals surface area contributed by atoms with Crippen LogP contribution in [0.4, 0.5) is 0 Å². The Hall–Kier alpha value is -2.56. The lowest BCUT2D eigenvalue weighted by molar-refractivity contribution is -0.139. The average Bonchev–Trinajstić information content (AvgIpc) is 2.85. The topological polar surface area (TPSA) is 68.5 Å². The minimum absolute atomic E-state index is 0.373.